The summed E-state index contributed by atoms with van der Waals surface area (Å²) in [5, 5.41) is 14.8. The number of methoxy groups -OCH3 is 3. The van der Waals surface area contributed by atoms with Crippen LogP contribution in [0.3, 0.4) is 0 Å². The monoisotopic (exact) mass is 416 g/mol. The van der Waals surface area contributed by atoms with Crippen LogP contribution in [0.25, 0.3) is 0 Å². The number of benzene rings is 2. The van der Waals surface area contributed by atoms with Gasteiger partial charge in [-0.2, -0.15) is 0 Å². The molecule has 8 nitrogen and oxygen atoms in total. The SMILES string of the molecule is COc1ccc(C(=O)Nc2ccc(CC(=O)NC(C)(C)CO)cc2)c(OC)c1OC. The van der Waals surface area contributed by atoms with Gasteiger partial charge in [0.15, 0.2) is 11.5 Å². The van der Waals surface area contributed by atoms with Gasteiger partial charge in [-0.05, 0) is 43.7 Å². The number of carbonyl (C=O) groups excluding carboxylic acids is 2. The highest BCUT2D eigenvalue weighted by Gasteiger charge is 2.21. The van der Waals surface area contributed by atoms with E-state index in [1.807, 2.05) is 0 Å². The average Bonchev–Trinajstić information content (AvgIpc) is 2.73. The summed E-state index contributed by atoms with van der Waals surface area (Å²) in [7, 11) is 4.42. The molecule has 3 N–H and O–H groups in total. The van der Waals surface area contributed by atoms with Crippen molar-refractivity contribution in [3.8, 4) is 17.2 Å². The first-order valence-corrected chi connectivity index (χ1v) is 9.35. The molecule has 0 saturated carbocycles. The maximum Gasteiger partial charge on any atom is 0.259 e. The normalized spacial score (nSPS) is 10.9. The predicted molar refractivity (Wildman–Crippen MR) is 114 cm³/mol. The molecule has 0 atom stereocenters. The average molecular weight is 416 g/mol. The van der Waals surface area contributed by atoms with Gasteiger partial charge >= 0.3 is 0 Å². The van der Waals surface area contributed by atoms with Gasteiger partial charge in [-0.1, -0.05) is 12.1 Å². The molecular formula is C22H28N2O6. The van der Waals surface area contributed by atoms with Gasteiger partial charge in [0.1, 0.15) is 0 Å². The topological polar surface area (TPSA) is 106 Å². The molecule has 2 aromatic carbocycles. The Morgan fingerprint density at radius 3 is 2.10 bits per heavy atom. The van der Waals surface area contributed by atoms with Gasteiger partial charge in [-0.25, -0.2) is 0 Å². The van der Waals surface area contributed by atoms with Crippen LogP contribution in [0.5, 0.6) is 17.2 Å². The number of aliphatic hydroxyl groups is 1. The van der Waals surface area contributed by atoms with Crippen LogP contribution >= 0.6 is 0 Å². The lowest BCUT2D eigenvalue weighted by molar-refractivity contribution is -0.122. The number of hydrogen-bond acceptors (Lipinski definition) is 6. The minimum atomic E-state index is -0.677. The van der Waals surface area contributed by atoms with Crippen LogP contribution in [0, 0.1) is 0 Å². The molecule has 0 unspecified atom stereocenters. The van der Waals surface area contributed by atoms with Gasteiger partial charge < -0.3 is 30.0 Å². The first-order chi connectivity index (χ1) is 14.2. The highest BCUT2D eigenvalue weighted by Crippen LogP contribution is 2.39. The number of amides is 2. The molecule has 162 valence electrons. The number of anilines is 1. The van der Waals surface area contributed by atoms with Gasteiger partial charge in [0, 0.05) is 5.69 Å². The van der Waals surface area contributed by atoms with Crippen LogP contribution < -0.4 is 24.8 Å². The molecule has 30 heavy (non-hydrogen) atoms. The van der Waals surface area contributed by atoms with Crippen LogP contribution in [-0.4, -0.2) is 50.4 Å². The quantitative estimate of drug-likeness (QED) is 0.580. The summed E-state index contributed by atoms with van der Waals surface area (Å²) in [5.74, 6) is 0.496. The predicted octanol–water partition coefficient (Wildman–Crippen LogP) is 2.39. The molecule has 8 heteroatoms. The highest BCUT2D eigenvalue weighted by atomic mass is 16.5. The van der Waals surface area contributed by atoms with E-state index in [9.17, 15) is 14.7 Å². The van der Waals surface area contributed by atoms with E-state index in [1.165, 1.54) is 21.3 Å². The van der Waals surface area contributed by atoms with E-state index in [4.69, 9.17) is 14.2 Å². The lowest BCUT2D eigenvalue weighted by Crippen LogP contribution is -2.46. The van der Waals surface area contributed by atoms with Crippen molar-refractivity contribution in [1.29, 1.82) is 0 Å². The lowest BCUT2D eigenvalue weighted by Gasteiger charge is -2.23. The summed E-state index contributed by atoms with van der Waals surface area (Å²) in [6.45, 7) is 3.33. The fraction of sp³-hybridized carbons (Fsp3) is 0.364. The molecule has 0 aliphatic rings. The smallest absolute Gasteiger partial charge is 0.259 e. The van der Waals surface area contributed by atoms with Crippen molar-refractivity contribution in [3.05, 3.63) is 47.5 Å². The fourth-order valence-corrected chi connectivity index (χ4v) is 2.83. The van der Waals surface area contributed by atoms with Gasteiger partial charge in [-0.3, -0.25) is 9.59 Å². The Hall–Kier alpha value is -3.26. The van der Waals surface area contributed by atoms with E-state index in [2.05, 4.69) is 10.6 Å². The molecule has 0 aliphatic heterocycles. The molecule has 0 radical (unpaired) electrons. The Morgan fingerprint density at radius 1 is 0.933 bits per heavy atom. The van der Waals surface area contributed by atoms with Crippen LogP contribution in [0.15, 0.2) is 36.4 Å². The zero-order valence-electron chi connectivity index (χ0n) is 17.9. The van der Waals surface area contributed by atoms with Gasteiger partial charge in [0.25, 0.3) is 5.91 Å². The summed E-state index contributed by atoms with van der Waals surface area (Å²) in [6.07, 6.45) is 0.168. The largest absolute Gasteiger partial charge is 0.493 e. The molecule has 2 amide bonds. The number of carbonyl (C=O) groups is 2. The van der Waals surface area contributed by atoms with Crippen LogP contribution in [0.2, 0.25) is 0 Å². The third kappa shape index (κ3) is 5.64. The second-order valence-electron chi connectivity index (χ2n) is 7.30. The van der Waals surface area contributed by atoms with Crippen molar-refractivity contribution in [2.75, 3.05) is 33.3 Å². The molecule has 0 heterocycles. The minimum absolute atomic E-state index is 0.149. The summed E-state index contributed by atoms with van der Waals surface area (Å²) in [5.41, 5.74) is 0.966. The van der Waals surface area contributed by atoms with Gasteiger partial charge in [0.05, 0.1) is 45.5 Å². The van der Waals surface area contributed by atoms with Crippen molar-refractivity contribution in [3.63, 3.8) is 0 Å². The Labute approximate surface area is 176 Å². The lowest BCUT2D eigenvalue weighted by atomic mass is 10.1. The fourth-order valence-electron chi connectivity index (χ4n) is 2.83. The highest BCUT2D eigenvalue weighted by molar-refractivity contribution is 6.07. The molecule has 2 aromatic rings. The first-order valence-electron chi connectivity index (χ1n) is 9.35. The second kappa shape index (κ2) is 9.98. The maximum atomic E-state index is 12.7. The standard InChI is InChI=1S/C22H28N2O6/c1-22(2,13-25)24-18(26)12-14-6-8-15(9-7-14)23-21(27)16-10-11-17(28-3)20(30-5)19(16)29-4/h6-11,25H,12-13H2,1-5H3,(H,23,27)(H,24,26). The Morgan fingerprint density at radius 2 is 1.57 bits per heavy atom. The van der Waals surface area contributed by atoms with Crippen molar-refractivity contribution >= 4 is 17.5 Å². The third-order valence-corrected chi connectivity index (χ3v) is 4.40. The molecule has 0 aliphatic carbocycles. The van der Waals surface area contributed by atoms with Crippen LogP contribution in [0.4, 0.5) is 5.69 Å². The Balaban J connectivity index is 2.11. The van der Waals surface area contributed by atoms with E-state index >= 15 is 0 Å². The first kappa shape index (κ1) is 23.0. The molecule has 0 aromatic heterocycles. The summed E-state index contributed by atoms with van der Waals surface area (Å²) in [4.78, 5) is 24.8. The zero-order chi connectivity index (χ0) is 22.3. The zero-order valence-corrected chi connectivity index (χ0v) is 17.9. The van der Waals surface area contributed by atoms with E-state index in [0.717, 1.165) is 5.56 Å². The number of aliphatic hydroxyl groups excluding tert-OH is 1. The third-order valence-electron chi connectivity index (χ3n) is 4.40. The number of hydrogen-bond donors (Lipinski definition) is 3. The number of ether oxygens (including phenoxy) is 3. The Bertz CT molecular complexity index is 893. The number of rotatable bonds is 9. The van der Waals surface area contributed by atoms with E-state index in [0.29, 0.717) is 22.7 Å². The van der Waals surface area contributed by atoms with Gasteiger partial charge in [-0.15, -0.1) is 0 Å². The molecule has 0 saturated heterocycles. The van der Waals surface area contributed by atoms with Crippen molar-refractivity contribution in [2.24, 2.45) is 0 Å². The maximum absolute atomic E-state index is 12.7. The van der Waals surface area contributed by atoms with Crippen LogP contribution in [-0.2, 0) is 11.2 Å². The molecule has 0 bridgehead atoms. The minimum Gasteiger partial charge on any atom is -0.493 e. The molecule has 0 spiro atoms. The van der Waals surface area contributed by atoms with E-state index in [-0.39, 0.29) is 30.6 Å². The van der Waals surface area contributed by atoms with Gasteiger partial charge in [0.2, 0.25) is 11.7 Å². The molecule has 0 fully saturated rings. The summed E-state index contributed by atoms with van der Waals surface area (Å²) in [6, 6.07) is 10.2. The molecule has 2 rings (SSSR count). The van der Waals surface area contributed by atoms with Crippen molar-refractivity contribution in [1.82, 2.24) is 5.32 Å². The molecular weight excluding hydrogens is 388 g/mol. The van der Waals surface area contributed by atoms with E-state index < -0.39 is 5.54 Å². The van der Waals surface area contributed by atoms with Crippen LogP contribution in [0.1, 0.15) is 29.8 Å². The summed E-state index contributed by atoms with van der Waals surface area (Å²) >= 11 is 0. The number of nitrogens with one attached hydrogen (secondary N) is 2. The van der Waals surface area contributed by atoms with E-state index in [1.54, 1.807) is 50.2 Å². The van der Waals surface area contributed by atoms with Crippen molar-refractivity contribution < 1.29 is 28.9 Å². The second-order valence-corrected chi connectivity index (χ2v) is 7.30. The summed E-state index contributed by atoms with van der Waals surface area (Å²) < 4.78 is 15.9. The Kier molecular flexibility index (Phi) is 7.66. The van der Waals surface area contributed by atoms with Crippen molar-refractivity contribution in [2.45, 2.75) is 25.8 Å².